The van der Waals surface area contributed by atoms with Crippen LogP contribution in [0.5, 0.6) is 0 Å². The zero-order valence-electron chi connectivity index (χ0n) is 14.5. The Hall–Kier alpha value is -1.90. The van der Waals surface area contributed by atoms with Gasteiger partial charge in [-0.15, -0.1) is 6.58 Å². The molecule has 124 valence electrons. The fourth-order valence-corrected chi connectivity index (χ4v) is 3.49. The Bertz CT molecular complexity index is 619. The third-order valence-corrected chi connectivity index (χ3v) is 5.13. The van der Waals surface area contributed by atoms with Crippen molar-refractivity contribution in [3.8, 4) is 0 Å². The van der Waals surface area contributed by atoms with E-state index in [0.29, 0.717) is 6.42 Å². The van der Waals surface area contributed by atoms with Gasteiger partial charge < -0.3 is 4.74 Å². The van der Waals surface area contributed by atoms with E-state index in [1.807, 2.05) is 32.9 Å². The molecule has 0 aromatic heterocycles. The lowest BCUT2D eigenvalue weighted by atomic mass is 10.1. The van der Waals surface area contributed by atoms with Crippen LogP contribution in [-0.2, 0) is 14.3 Å². The molecule has 0 aromatic rings. The van der Waals surface area contributed by atoms with Gasteiger partial charge in [0.1, 0.15) is 6.10 Å². The highest BCUT2D eigenvalue weighted by molar-refractivity contribution is 5.87. The summed E-state index contributed by atoms with van der Waals surface area (Å²) in [6, 6.07) is 0. The lowest BCUT2D eigenvalue weighted by molar-refractivity contribution is -0.149. The summed E-state index contributed by atoms with van der Waals surface area (Å²) in [5, 5.41) is 0. The Morgan fingerprint density at radius 1 is 1.39 bits per heavy atom. The van der Waals surface area contributed by atoms with Gasteiger partial charge in [0.05, 0.1) is 5.92 Å². The minimum atomic E-state index is -0.209. The van der Waals surface area contributed by atoms with E-state index < -0.39 is 0 Å². The van der Waals surface area contributed by atoms with Crippen molar-refractivity contribution >= 4 is 11.8 Å². The number of rotatable bonds is 6. The van der Waals surface area contributed by atoms with Gasteiger partial charge >= 0.3 is 5.97 Å². The summed E-state index contributed by atoms with van der Waals surface area (Å²) in [5.41, 5.74) is 3.11. The standard InChI is InChI=1S/C20H26O3/c1-7-8-15-12(2)11-17(14(15)4)23-19(22)18-16(20(18,5)6)10-9-13(3)21/h7,9-10,16-18H,1-2,8,11H2,3-6H3/b10-9+/t16-,17?,18-/m0/s1. The molecule has 1 fully saturated rings. The highest BCUT2D eigenvalue weighted by atomic mass is 16.5. The average Bonchev–Trinajstić information content (AvgIpc) is 2.91. The Labute approximate surface area is 138 Å². The molecule has 0 heterocycles. The lowest BCUT2D eigenvalue weighted by Gasteiger charge is -2.14. The van der Waals surface area contributed by atoms with Crippen LogP contribution in [-0.4, -0.2) is 17.9 Å². The van der Waals surface area contributed by atoms with Crippen LogP contribution in [0.2, 0.25) is 0 Å². The molecule has 2 aliphatic carbocycles. The molecule has 0 bridgehead atoms. The maximum Gasteiger partial charge on any atom is 0.310 e. The van der Waals surface area contributed by atoms with Crippen LogP contribution < -0.4 is 0 Å². The Kier molecular flexibility index (Phi) is 4.79. The molecule has 2 rings (SSSR count). The van der Waals surface area contributed by atoms with Crippen LogP contribution in [0.3, 0.4) is 0 Å². The summed E-state index contributed by atoms with van der Waals surface area (Å²) in [5.74, 6) is -0.284. The highest BCUT2D eigenvalue weighted by Gasteiger charge is 2.61. The van der Waals surface area contributed by atoms with Crippen LogP contribution >= 0.6 is 0 Å². The maximum atomic E-state index is 12.5. The summed E-state index contributed by atoms with van der Waals surface area (Å²) >= 11 is 0. The van der Waals surface area contributed by atoms with Gasteiger partial charge in [-0.1, -0.05) is 32.6 Å². The number of esters is 1. The molecule has 3 heteroatoms. The summed E-state index contributed by atoms with van der Waals surface area (Å²) in [6.07, 6.45) is 6.46. The number of ether oxygens (including phenoxy) is 1. The number of hydrogen-bond donors (Lipinski definition) is 0. The van der Waals surface area contributed by atoms with Crippen molar-refractivity contribution in [2.45, 2.75) is 46.6 Å². The summed E-state index contributed by atoms with van der Waals surface area (Å²) < 4.78 is 5.76. The summed E-state index contributed by atoms with van der Waals surface area (Å²) in [6.45, 7) is 15.4. The van der Waals surface area contributed by atoms with Gasteiger partial charge in [0.15, 0.2) is 5.78 Å². The molecule has 0 aliphatic heterocycles. The maximum absolute atomic E-state index is 12.5. The van der Waals surface area contributed by atoms with E-state index in [4.69, 9.17) is 4.74 Å². The molecular formula is C20H26O3. The molecule has 0 aromatic carbocycles. The summed E-state index contributed by atoms with van der Waals surface area (Å²) in [7, 11) is 0. The second-order valence-corrected chi connectivity index (χ2v) is 7.18. The molecule has 1 saturated carbocycles. The zero-order chi connectivity index (χ0) is 17.4. The molecule has 3 nitrogen and oxygen atoms in total. The fourth-order valence-electron chi connectivity index (χ4n) is 3.49. The largest absolute Gasteiger partial charge is 0.457 e. The van der Waals surface area contributed by atoms with Crippen molar-refractivity contribution < 1.29 is 14.3 Å². The van der Waals surface area contributed by atoms with Crippen molar-refractivity contribution in [2.75, 3.05) is 0 Å². The predicted octanol–water partition coefficient (Wildman–Crippen LogP) is 4.17. The van der Waals surface area contributed by atoms with Crippen LogP contribution in [0.15, 0.2) is 48.1 Å². The van der Waals surface area contributed by atoms with Gasteiger partial charge in [0, 0.05) is 6.42 Å². The first kappa shape index (κ1) is 17.5. The smallest absolute Gasteiger partial charge is 0.310 e. The van der Waals surface area contributed by atoms with Crippen molar-refractivity contribution in [3.63, 3.8) is 0 Å². The molecular weight excluding hydrogens is 288 g/mol. The van der Waals surface area contributed by atoms with Gasteiger partial charge in [-0.25, -0.2) is 0 Å². The van der Waals surface area contributed by atoms with E-state index in [2.05, 4.69) is 13.2 Å². The normalized spacial score (nSPS) is 29.0. The van der Waals surface area contributed by atoms with E-state index in [-0.39, 0.29) is 35.1 Å². The minimum absolute atomic E-state index is 0.000228. The number of hydrogen-bond acceptors (Lipinski definition) is 3. The van der Waals surface area contributed by atoms with Crippen LogP contribution in [0.4, 0.5) is 0 Å². The van der Waals surface area contributed by atoms with Gasteiger partial charge in [-0.05, 0) is 54.4 Å². The Morgan fingerprint density at radius 3 is 2.61 bits per heavy atom. The Morgan fingerprint density at radius 2 is 2.04 bits per heavy atom. The van der Waals surface area contributed by atoms with E-state index in [1.165, 1.54) is 6.92 Å². The second kappa shape index (κ2) is 6.31. The first-order valence-electron chi connectivity index (χ1n) is 8.08. The van der Waals surface area contributed by atoms with Crippen LogP contribution in [0.1, 0.15) is 40.5 Å². The molecule has 0 amide bonds. The monoisotopic (exact) mass is 314 g/mol. The van der Waals surface area contributed by atoms with Crippen molar-refractivity contribution in [1.82, 2.24) is 0 Å². The third-order valence-electron chi connectivity index (χ3n) is 5.13. The minimum Gasteiger partial charge on any atom is -0.457 e. The summed E-state index contributed by atoms with van der Waals surface area (Å²) in [4.78, 5) is 23.6. The van der Waals surface area contributed by atoms with E-state index in [1.54, 1.807) is 6.08 Å². The molecule has 3 atom stereocenters. The van der Waals surface area contributed by atoms with E-state index >= 15 is 0 Å². The first-order chi connectivity index (χ1) is 10.7. The average molecular weight is 314 g/mol. The molecule has 0 spiro atoms. The SMILES string of the molecule is C=CCC1=C(C)C(OC(=O)[C@@H]2[C@H](/C=C/C(C)=O)C2(C)C)CC1=C. The fraction of sp³-hybridized carbons (Fsp3) is 0.500. The second-order valence-electron chi connectivity index (χ2n) is 7.18. The number of allylic oxidation sites excluding steroid dienone is 4. The molecule has 0 N–H and O–H groups in total. The molecule has 23 heavy (non-hydrogen) atoms. The van der Waals surface area contributed by atoms with Gasteiger partial charge in [-0.2, -0.15) is 0 Å². The van der Waals surface area contributed by atoms with Gasteiger partial charge in [-0.3, -0.25) is 9.59 Å². The molecule has 0 radical (unpaired) electrons. The Balaban J connectivity index is 2.05. The predicted molar refractivity (Wildman–Crippen MR) is 91.7 cm³/mol. The van der Waals surface area contributed by atoms with Gasteiger partial charge in [0.25, 0.3) is 0 Å². The quantitative estimate of drug-likeness (QED) is 0.420. The van der Waals surface area contributed by atoms with Crippen molar-refractivity contribution in [3.05, 3.63) is 48.1 Å². The van der Waals surface area contributed by atoms with Crippen molar-refractivity contribution in [1.29, 1.82) is 0 Å². The van der Waals surface area contributed by atoms with Crippen LogP contribution in [0.25, 0.3) is 0 Å². The topological polar surface area (TPSA) is 43.4 Å². The van der Waals surface area contributed by atoms with Crippen molar-refractivity contribution in [2.24, 2.45) is 17.3 Å². The number of carbonyl (C=O) groups excluding carboxylic acids is 2. The third kappa shape index (κ3) is 3.39. The zero-order valence-corrected chi connectivity index (χ0v) is 14.5. The number of carbonyl (C=O) groups is 2. The van der Waals surface area contributed by atoms with E-state index in [0.717, 1.165) is 23.1 Å². The lowest BCUT2D eigenvalue weighted by Crippen LogP contribution is -2.20. The number of ketones is 1. The van der Waals surface area contributed by atoms with Gasteiger partial charge in [0.2, 0.25) is 0 Å². The highest BCUT2D eigenvalue weighted by Crippen LogP contribution is 2.59. The first-order valence-corrected chi connectivity index (χ1v) is 8.08. The van der Waals surface area contributed by atoms with Crippen LogP contribution in [0, 0.1) is 17.3 Å². The van der Waals surface area contributed by atoms with E-state index in [9.17, 15) is 9.59 Å². The molecule has 1 unspecified atom stereocenters. The molecule has 0 saturated heterocycles. The molecule has 2 aliphatic rings.